The Labute approximate surface area is 163 Å². The third kappa shape index (κ3) is 3.03. The van der Waals surface area contributed by atoms with Gasteiger partial charge in [0, 0.05) is 18.2 Å². The SMILES string of the molecule is O=C(NCc1cc(-c2ccco2)on1)[C@]1(Cc2ccccc2)C[C@@H]2CC[C@H]1N2. The van der Waals surface area contributed by atoms with Gasteiger partial charge in [-0.25, -0.2) is 0 Å². The summed E-state index contributed by atoms with van der Waals surface area (Å²) in [6, 6.07) is 16.4. The Bertz CT molecular complexity index is 951. The summed E-state index contributed by atoms with van der Waals surface area (Å²) in [5, 5.41) is 10.8. The molecule has 0 unspecified atom stereocenters. The molecule has 2 aromatic heterocycles. The number of nitrogens with zero attached hydrogens (tertiary/aromatic N) is 1. The number of furan rings is 1. The molecule has 3 atom stereocenters. The van der Waals surface area contributed by atoms with E-state index in [1.807, 2.05) is 30.3 Å². The van der Waals surface area contributed by atoms with Crippen molar-refractivity contribution in [1.29, 1.82) is 0 Å². The van der Waals surface area contributed by atoms with Crippen molar-refractivity contribution in [2.24, 2.45) is 5.41 Å². The number of benzene rings is 1. The molecule has 4 heterocycles. The highest BCUT2D eigenvalue weighted by molar-refractivity contribution is 5.84. The standard InChI is InChI=1S/C22H23N3O3/c26-21(23-14-17-11-19(28-25-17)18-7-4-10-27-18)22(12-15-5-2-1-3-6-15)13-16-8-9-20(22)24-16/h1-7,10-11,16,20,24H,8-9,12-14H2,(H,23,26)/t16-,20+,22+/m0/s1. The van der Waals surface area contributed by atoms with E-state index in [-0.39, 0.29) is 11.9 Å². The summed E-state index contributed by atoms with van der Waals surface area (Å²) in [6.45, 7) is 0.344. The minimum absolute atomic E-state index is 0.0959. The average molecular weight is 377 g/mol. The van der Waals surface area contributed by atoms with E-state index in [9.17, 15) is 4.79 Å². The van der Waals surface area contributed by atoms with Crippen LogP contribution in [-0.4, -0.2) is 23.1 Å². The maximum atomic E-state index is 13.3. The zero-order chi connectivity index (χ0) is 19.0. The number of amides is 1. The number of hydrogen-bond donors (Lipinski definition) is 2. The lowest BCUT2D eigenvalue weighted by Gasteiger charge is -2.35. The lowest BCUT2D eigenvalue weighted by Crippen LogP contribution is -2.49. The third-order valence-electron chi connectivity index (χ3n) is 6.09. The van der Waals surface area contributed by atoms with Gasteiger partial charge in [-0.05, 0) is 43.4 Å². The molecular formula is C22H23N3O3. The van der Waals surface area contributed by atoms with Crippen LogP contribution in [0, 0.1) is 5.41 Å². The quantitative estimate of drug-likeness (QED) is 0.689. The van der Waals surface area contributed by atoms with Crippen molar-refractivity contribution >= 4 is 5.91 Å². The molecule has 2 saturated heterocycles. The van der Waals surface area contributed by atoms with Gasteiger partial charge in [-0.3, -0.25) is 4.79 Å². The lowest BCUT2D eigenvalue weighted by molar-refractivity contribution is -0.132. The summed E-state index contributed by atoms with van der Waals surface area (Å²) in [6.07, 6.45) is 5.44. The van der Waals surface area contributed by atoms with Crippen molar-refractivity contribution in [1.82, 2.24) is 15.8 Å². The fraction of sp³-hybridized carbons (Fsp3) is 0.364. The fourth-order valence-electron chi connectivity index (χ4n) is 4.76. The fourth-order valence-corrected chi connectivity index (χ4v) is 4.76. The lowest BCUT2D eigenvalue weighted by atomic mass is 9.69. The van der Waals surface area contributed by atoms with E-state index in [0.717, 1.165) is 25.7 Å². The summed E-state index contributed by atoms with van der Waals surface area (Å²) in [5.41, 5.74) is 1.48. The first kappa shape index (κ1) is 17.3. The van der Waals surface area contributed by atoms with Crippen LogP contribution in [0.2, 0.25) is 0 Å². The van der Waals surface area contributed by atoms with Gasteiger partial charge in [0.05, 0.1) is 18.2 Å². The number of hydrogen-bond acceptors (Lipinski definition) is 5. The molecule has 0 aliphatic carbocycles. The van der Waals surface area contributed by atoms with Crippen molar-refractivity contribution < 1.29 is 13.7 Å². The summed E-state index contributed by atoms with van der Waals surface area (Å²) >= 11 is 0. The molecular weight excluding hydrogens is 354 g/mol. The molecule has 2 aliphatic heterocycles. The van der Waals surface area contributed by atoms with Gasteiger partial charge in [-0.1, -0.05) is 35.5 Å². The molecule has 2 bridgehead atoms. The number of fused-ring (bicyclic) bond motifs is 2. The summed E-state index contributed by atoms with van der Waals surface area (Å²) in [7, 11) is 0. The summed E-state index contributed by atoms with van der Waals surface area (Å²) in [5.74, 6) is 1.29. The van der Waals surface area contributed by atoms with Crippen molar-refractivity contribution in [2.75, 3.05) is 0 Å². The number of carbonyl (C=O) groups excluding carboxylic acids is 1. The molecule has 1 amide bonds. The van der Waals surface area contributed by atoms with Gasteiger partial charge in [0.2, 0.25) is 11.7 Å². The van der Waals surface area contributed by atoms with Crippen LogP contribution in [0.4, 0.5) is 0 Å². The van der Waals surface area contributed by atoms with Gasteiger partial charge in [-0.15, -0.1) is 0 Å². The second kappa shape index (κ2) is 6.95. The van der Waals surface area contributed by atoms with E-state index >= 15 is 0 Å². The molecule has 0 radical (unpaired) electrons. The monoisotopic (exact) mass is 377 g/mol. The van der Waals surface area contributed by atoms with Gasteiger partial charge in [0.1, 0.15) is 5.69 Å². The maximum absolute atomic E-state index is 13.3. The van der Waals surface area contributed by atoms with Crippen molar-refractivity contribution in [3.05, 3.63) is 66.1 Å². The Kier molecular flexibility index (Phi) is 4.28. The van der Waals surface area contributed by atoms with E-state index in [1.54, 1.807) is 12.3 Å². The van der Waals surface area contributed by atoms with Crippen LogP contribution in [0.15, 0.2) is 63.7 Å². The first-order valence-corrected chi connectivity index (χ1v) is 9.81. The molecule has 3 aromatic rings. The molecule has 144 valence electrons. The Morgan fingerprint density at radius 2 is 2.07 bits per heavy atom. The number of nitrogens with one attached hydrogen (secondary N) is 2. The molecule has 1 aromatic carbocycles. The molecule has 2 N–H and O–H groups in total. The van der Waals surface area contributed by atoms with Crippen molar-refractivity contribution in [3.8, 4) is 11.5 Å². The molecule has 6 heteroatoms. The van der Waals surface area contributed by atoms with Gasteiger partial charge in [0.15, 0.2) is 5.76 Å². The smallest absolute Gasteiger partial charge is 0.228 e. The Balaban J connectivity index is 1.32. The van der Waals surface area contributed by atoms with E-state index in [2.05, 4.69) is 27.9 Å². The minimum atomic E-state index is -0.405. The molecule has 6 nitrogen and oxygen atoms in total. The van der Waals surface area contributed by atoms with Gasteiger partial charge in [-0.2, -0.15) is 0 Å². The maximum Gasteiger partial charge on any atom is 0.228 e. The van der Waals surface area contributed by atoms with Crippen molar-refractivity contribution in [3.63, 3.8) is 0 Å². The van der Waals surface area contributed by atoms with Crippen LogP contribution >= 0.6 is 0 Å². The molecule has 28 heavy (non-hydrogen) atoms. The van der Waals surface area contributed by atoms with E-state index in [1.165, 1.54) is 5.56 Å². The Morgan fingerprint density at radius 3 is 2.79 bits per heavy atom. The molecule has 2 aliphatic rings. The number of rotatable bonds is 6. The van der Waals surface area contributed by atoms with Crippen LogP contribution in [0.5, 0.6) is 0 Å². The second-order valence-corrected chi connectivity index (χ2v) is 7.86. The Hall–Kier alpha value is -2.86. The first-order chi connectivity index (χ1) is 13.7. The van der Waals surface area contributed by atoms with Crippen molar-refractivity contribution in [2.45, 2.75) is 44.3 Å². The van der Waals surface area contributed by atoms with Crippen LogP contribution < -0.4 is 10.6 Å². The van der Waals surface area contributed by atoms with Crippen LogP contribution in [0.1, 0.15) is 30.5 Å². The molecule has 2 fully saturated rings. The molecule has 0 spiro atoms. The summed E-state index contributed by atoms with van der Waals surface area (Å²) < 4.78 is 10.7. The second-order valence-electron chi connectivity index (χ2n) is 7.86. The van der Waals surface area contributed by atoms with Gasteiger partial charge in [0.25, 0.3) is 0 Å². The predicted molar refractivity (Wildman–Crippen MR) is 103 cm³/mol. The largest absolute Gasteiger partial charge is 0.461 e. The van der Waals surface area contributed by atoms with Gasteiger partial charge >= 0.3 is 0 Å². The topological polar surface area (TPSA) is 80.3 Å². The molecule has 0 saturated carbocycles. The van der Waals surface area contributed by atoms with E-state index in [4.69, 9.17) is 8.94 Å². The average Bonchev–Trinajstić information content (AvgIpc) is 3.51. The van der Waals surface area contributed by atoms with E-state index < -0.39 is 5.41 Å². The minimum Gasteiger partial charge on any atom is -0.461 e. The normalized spacial score (nSPS) is 25.9. The highest BCUT2D eigenvalue weighted by Gasteiger charge is 2.55. The zero-order valence-corrected chi connectivity index (χ0v) is 15.6. The zero-order valence-electron chi connectivity index (χ0n) is 15.6. The highest BCUT2D eigenvalue weighted by Crippen LogP contribution is 2.46. The summed E-state index contributed by atoms with van der Waals surface area (Å²) in [4.78, 5) is 13.3. The third-order valence-corrected chi connectivity index (χ3v) is 6.09. The molecule has 5 rings (SSSR count). The van der Waals surface area contributed by atoms with Gasteiger partial charge < -0.3 is 19.6 Å². The first-order valence-electron chi connectivity index (χ1n) is 9.81. The van der Waals surface area contributed by atoms with E-state index in [0.29, 0.717) is 29.8 Å². The number of carbonyl (C=O) groups is 1. The highest BCUT2D eigenvalue weighted by atomic mass is 16.5. The Morgan fingerprint density at radius 1 is 1.18 bits per heavy atom. The van der Waals surface area contributed by atoms with Crippen LogP contribution in [0.25, 0.3) is 11.5 Å². The van der Waals surface area contributed by atoms with Crippen LogP contribution in [0.3, 0.4) is 0 Å². The number of aromatic nitrogens is 1. The predicted octanol–water partition coefficient (Wildman–Crippen LogP) is 3.30. The van der Waals surface area contributed by atoms with Crippen LogP contribution in [-0.2, 0) is 17.8 Å².